The molecule has 2 heterocycles. The van der Waals surface area contributed by atoms with Crippen molar-refractivity contribution in [2.45, 2.75) is 44.2 Å². The zero-order valence-electron chi connectivity index (χ0n) is 15.0. The number of fused-ring (bicyclic) bond motifs is 1. The average molecular weight is 351 g/mol. The van der Waals surface area contributed by atoms with Gasteiger partial charge >= 0.3 is 0 Å². The van der Waals surface area contributed by atoms with Gasteiger partial charge in [0, 0.05) is 30.6 Å². The molecule has 4 rings (SSSR count). The summed E-state index contributed by atoms with van der Waals surface area (Å²) in [4.78, 5) is 11.4. The highest BCUT2D eigenvalue weighted by Gasteiger charge is 2.27. The van der Waals surface area contributed by atoms with Gasteiger partial charge in [-0.3, -0.25) is 4.90 Å². The van der Waals surface area contributed by atoms with E-state index in [-0.39, 0.29) is 0 Å². The van der Waals surface area contributed by atoms with Crippen molar-refractivity contribution < 1.29 is 4.74 Å². The molecule has 0 atom stereocenters. The van der Waals surface area contributed by atoms with Crippen LogP contribution in [0.3, 0.4) is 0 Å². The van der Waals surface area contributed by atoms with Gasteiger partial charge in [0.15, 0.2) is 0 Å². The third kappa shape index (κ3) is 3.79. The molecule has 2 aliphatic rings. The van der Waals surface area contributed by atoms with Crippen molar-refractivity contribution in [3.63, 3.8) is 0 Å². The van der Waals surface area contributed by atoms with Crippen LogP contribution in [0.15, 0.2) is 24.5 Å². The summed E-state index contributed by atoms with van der Waals surface area (Å²) in [5.74, 6) is 0.893. The van der Waals surface area contributed by atoms with E-state index in [2.05, 4.69) is 26.3 Å². The number of benzene rings is 1. The van der Waals surface area contributed by atoms with E-state index < -0.39 is 0 Å². The monoisotopic (exact) mass is 351 g/mol. The molecular weight excluding hydrogens is 326 g/mol. The van der Waals surface area contributed by atoms with Crippen molar-refractivity contribution in [1.29, 1.82) is 5.26 Å². The fourth-order valence-electron chi connectivity index (χ4n) is 4.14. The summed E-state index contributed by atoms with van der Waals surface area (Å²) in [5.41, 5.74) is 1.93. The summed E-state index contributed by atoms with van der Waals surface area (Å²) >= 11 is 0. The highest BCUT2D eigenvalue weighted by atomic mass is 16.5. The number of rotatable bonds is 4. The Morgan fingerprint density at radius 3 is 2.73 bits per heavy atom. The zero-order valence-corrected chi connectivity index (χ0v) is 15.0. The molecule has 0 radical (unpaired) electrons. The van der Waals surface area contributed by atoms with Crippen molar-refractivity contribution in [1.82, 2.24) is 14.9 Å². The normalized spacial score (nSPS) is 24.3. The van der Waals surface area contributed by atoms with Crippen LogP contribution in [0.5, 0.6) is 0 Å². The van der Waals surface area contributed by atoms with Crippen LogP contribution >= 0.6 is 0 Å². The lowest BCUT2D eigenvalue weighted by atomic mass is 9.90. The maximum atomic E-state index is 8.95. The fraction of sp³-hybridized carbons (Fsp3) is 0.550. The van der Waals surface area contributed by atoms with Crippen molar-refractivity contribution in [2.24, 2.45) is 0 Å². The number of nitrogens with zero attached hydrogens (tertiary/aromatic N) is 4. The first-order chi connectivity index (χ1) is 12.8. The summed E-state index contributed by atoms with van der Waals surface area (Å²) in [6, 6.07) is 9.34. The largest absolute Gasteiger partial charge is 0.379 e. The van der Waals surface area contributed by atoms with Crippen LogP contribution in [-0.4, -0.2) is 53.3 Å². The summed E-state index contributed by atoms with van der Waals surface area (Å²) in [7, 11) is 0. The summed E-state index contributed by atoms with van der Waals surface area (Å²) in [6.07, 6.45) is 6.79. The predicted octanol–water partition coefficient (Wildman–Crippen LogP) is 2.75. The lowest BCUT2D eigenvalue weighted by Gasteiger charge is -2.39. The first-order valence-electron chi connectivity index (χ1n) is 9.52. The second kappa shape index (κ2) is 7.98. The maximum Gasteiger partial charge on any atom is 0.137 e. The molecule has 0 amide bonds. The minimum atomic E-state index is 0.412. The van der Waals surface area contributed by atoms with Crippen molar-refractivity contribution in [2.75, 3.05) is 31.6 Å². The molecule has 6 nitrogen and oxygen atoms in total. The first-order valence-corrected chi connectivity index (χ1v) is 9.52. The van der Waals surface area contributed by atoms with Crippen LogP contribution in [0.2, 0.25) is 0 Å². The second-order valence-corrected chi connectivity index (χ2v) is 7.21. The third-order valence-electron chi connectivity index (χ3n) is 5.58. The molecule has 1 N–H and O–H groups in total. The summed E-state index contributed by atoms with van der Waals surface area (Å²) < 4.78 is 5.47. The fourth-order valence-corrected chi connectivity index (χ4v) is 4.14. The quantitative estimate of drug-likeness (QED) is 0.913. The Hall–Kier alpha value is -2.23. The van der Waals surface area contributed by atoms with E-state index in [1.807, 2.05) is 18.2 Å². The minimum Gasteiger partial charge on any atom is -0.379 e. The summed E-state index contributed by atoms with van der Waals surface area (Å²) in [5, 5.41) is 13.6. The lowest BCUT2D eigenvalue weighted by molar-refractivity contribution is 0.00791. The highest BCUT2D eigenvalue weighted by Crippen LogP contribution is 2.28. The number of hydrogen-bond acceptors (Lipinski definition) is 6. The van der Waals surface area contributed by atoms with E-state index in [0.717, 1.165) is 61.4 Å². The third-order valence-corrected chi connectivity index (χ3v) is 5.58. The van der Waals surface area contributed by atoms with Gasteiger partial charge in [-0.1, -0.05) is 6.07 Å². The van der Waals surface area contributed by atoms with E-state index >= 15 is 0 Å². The molecular formula is C20H25N5O. The van der Waals surface area contributed by atoms with Gasteiger partial charge in [0.2, 0.25) is 0 Å². The molecule has 136 valence electrons. The van der Waals surface area contributed by atoms with Crippen LogP contribution in [0, 0.1) is 11.3 Å². The molecule has 0 spiro atoms. The van der Waals surface area contributed by atoms with Crippen LogP contribution in [-0.2, 0) is 11.2 Å². The van der Waals surface area contributed by atoms with E-state index in [0.29, 0.717) is 18.5 Å². The minimum absolute atomic E-state index is 0.412. The van der Waals surface area contributed by atoms with E-state index in [9.17, 15) is 0 Å². The molecule has 2 aromatic rings. The molecule has 26 heavy (non-hydrogen) atoms. The number of nitrogens with one attached hydrogen (secondary N) is 1. The topological polar surface area (TPSA) is 74.1 Å². The van der Waals surface area contributed by atoms with E-state index in [1.165, 1.54) is 12.8 Å². The highest BCUT2D eigenvalue weighted by molar-refractivity contribution is 5.89. The van der Waals surface area contributed by atoms with Crippen molar-refractivity contribution in [3.8, 4) is 6.07 Å². The molecule has 6 heteroatoms. The molecule has 0 unspecified atom stereocenters. The Bertz CT molecular complexity index is 788. The molecule has 0 bridgehead atoms. The molecule has 1 saturated heterocycles. The molecule has 1 saturated carbocycles. The molecule has 2 fully saturated rings. The van der Waals surface area contributed by atoms with Gasteiger partial charge in [0.1, 0.15) is 12.1 Å². The number of aromatic nitrogens is 2. The molecule has 1 aliphatic heterocycles. The maximum absolute atomic E-state index is 8.95. The van der Waals surface area contributed by atoms with Gasteiger partial charge in [0.25, 0.3) is 0 Å². The predicted molar refractivity (Wildman–Crippen MR) is 101 cm³/mol. The smallest absolute Gasteiger partial charge is 0.137 e. The van der Waals surface area contributed by atoms with E-state index in [1.54, 1.807) is 6.33 Å². The van der Waals surface area contributed by atoms with Gasteiger partial charge in [0.05, 0.1) is 31.2 Å². The zero-order chi connectivity index (χ0) is 17.8. The first kappa shape index (κ1) is 17.2. The molecule has 1 aromatic carbocycles. The lowest BCUT2D eigenvalue weighted by Crippen LogP contribution is -2.46. The van der Waals surface area contributed by atoms with Crippen LogP contribution in [0.25, 0.3) is 10.9 Å². The van der Waals surface area contributed by atoms with Crippen LogP contribution < -0.4 is 5.32 Å². The second-order valence-electron chi connectivity index (χ2n) is 7.21. The SMILES string of the molecule is N#CCc1ccc2ncnc(N[C@H]3CC[C@H](N4CCOCC4)CC3)c2c1. The Morgan fingerprint density at radius 2 is 1.96 bits per heavy atom. The number of hydrogen-bond donors (Lipinski definition) is 1. The number of anilines is 1. The van der Waals surface area contributed by atoms with Gasteiger partial charge in [-0.05, 0) is 43.4 Å². The van der Waals surface area contributed by atoms with Gasteiger partial charge in [-0.15, -0.1) is 0 Å². The Morgan fingerprint density at radius 1 is 1.15 bits per heavy atom. The van der Waals surface area contributed by atoms with Gasteiger partial charge in [-0.2, -0.15) is 5.26 Å². The van der Waals surface area contributed by atoms with Crippen molar-refractivity contribution >= 4 is 16.7 Å². The summed E-state index contributed by atoms with van der Waals surface area (Å²) in [6.45, 7) is 3.88. The van der Waals surface area contributed by atoms with E-state index in [4.69, 9.17) is 10.00 Å². The molecule has 1 aromatic heterocycles. The van der Waals surface area contributed by atoms with Crippen LogP contribution in [0.1, 0.15) is 31.2 Å². The Balaban J connectivity index is 1.43. The van der Waals surface area contributed by atoms with Crippen molar-refractivity contribution in [3.05, 3.63) is 30.1 Å². The Labute approximate surface area is 154 Å². The van der Waals surface area contributed by atoms with Gasteiger partial charge in [-0.25, -0.2) is 9.97 Å². The average Bonchev–Trinajstić information content (AvgIpc) is 2.70. The standard InChI is InChI=1S/C20H25N5O/c21-8-7-15-1-6-19-18(13-15)20(23-14-22-19)24-16-2-4-17(5-3-16)25-9-11-26-12-10-25/h1,6,13-14,16-17H,2-5,7,9-12H2,(H,22,23,24)/t16-,17-. The Kier molecular flexibility index (Phi) is 5.28. The van der Waals surface area contributed by atoms with Crippen LogP contribution in [0.4, 0.5) is 5.82 Å². The number of nitriles is 1. The number of ether oxygens (including phenoxy) is 1. The number of morpholine rings is 1. The van der Waals surface area contributed by atoms with Gasteiger partial charge < -0.3 is 10.1 Å². The molecule has 1 aliphatic carbocycles.